The molecular weight excluding hydrogens is 240 g/mol. The Hall–Kier alpha value is -1.39. The van der Waals surface area contributed by atoms with Crippen LogP contribution in [-0.2, 0) is 9.53 Å². The van der Waals surface area contributed by atoms with Crippen molar-refractivity contribution in [1.82, 2.24) is 5.32 Å². The van der Waals surface area contributed by atoms with Crippen LogP contribution in [0.25, 0.3) is 0 Å². The van der Waals surface area contributed by atoms with E-state index < -0.39 is 0 Å². The van der Waals surface area contributed by atoms with Gasteiger partial charge in [-0.3, -0.25) is 4.79 Å². The Labute approximate surface area is 115 Å². The van der Waals surface area contributed by atoms with E-state index in [0.29, 0.717) is 5.92 Å². The first-order valence-electron chi connectivity index (χ1n) is 6.62. The van der Waals surface area contributed by atoms with E-state index in [0.717, 1.165) is 24.4 Å². The number of methoxy groups -OCH3 is 1. The molecule has 19 heavy (non-hydrogen) atoms. The third-order valence-electron chi connectivity index (χ3n) is 2.93. The van der Waals surface area contributed by atoms with Crippen LogP contribution in [0, 0.1) is 5.92 Å². The Bertz CT molecular complexity index is 407. The molecule has 106 valence electrons. The molecule has 0 saturated carbocycles. The van der Waals surface area contributed by atoms with E-state index >= 15 is 0 Å². The molecule has 2 N–H and O–H groups in total. The molecule has 1 amide bonds. The fraction of sp³-hybridized carbons (Fsp3) is 0.533. The summed E-state index contributed by atoms with van der Waals surface area (Å²) in [7, 11) is 1.72. The van der Waals surface area contributed by atoms with Crippen LogP contribution >= 0.6 is 0 Å². The van der Waals surface area contributed by atoms with Gasteiger partial charge < -0.3 is 15.4 Å². The van der Waals surface area contributed by atoms with Crippen LogP contribution < -0.4 is 10.6 Å². The normalized spacial score (nSPS) is 13.9. The Morgan fingerprint density at radius 2 is 2.11 bits per heavy atom. The topological polar surface area (TPSA) is 50.4 Å². The van der Waals surface area contributed by atoms with Crippen molar-refractivity contribution in [1.29, 1.82) is 0 Å². The number of amides is 1. The third-order valence-corrected chi connectivity index (χ3v) is 2.93. The van der Waals surface area contributed by atoms with E-state index in [1.54, 1.807) is 7.11 Å². The summed E-state index contributed by atoms with van der Waals surface area (Å²) in [5.41, 5.74) is 2.00. The average Bonchev–Trinajstić information content (AvgIpc) is 2.36. The maximum absolute atomic E-state index is 11.0. The molecule has 2 atom stereocenters. The molecule has 4 nitrogen and oxygen atoms in total. The zero-order valence-electron chi connectivity index (χ0n) is 12.2. The number of anilines is 1. The first-order valence-corrected chi connectivity index (χ1v) is 6.62. The van der Waals surface area contributed by atoms with Crippen LogP contribution in [0.15, 0.2) is 24.3 Å². The molecule has 0 aromatic heterocycles. The maximum Gasteiger partial charge on any atom is 0.221 e. The van der Waals surface area contributed by atoms with Crippen molar-refractivity contribution in [2.75, 3.05) is 25.6 Å². The van der Waals surface area contributed by atoms with Gasteiger partial charge in [0.1, 0.15) is 0 Å². The average molecular weight is 264 g/mol. The standard InChI is InChI=1S/C15H24N2O2/c1-11(10-19-4)9-16-12(2)14-6-5-7-15(8-14)17-13(3)18/h5-8,11-12,16H,9-10H2,1-4H3,(H,17,18). The quantitative estimate of drug-likeness (QED) is 0.796. The molecule has 1 rings (SSSR count). The van der Waals surface area contributed by atoms with E-state index in [4.69, 9.17) is 4.74 Å². The Morgan fingerprint density at radius 1 is 1.37 bits per heavy atom. The molecule has 4 heteroatoms. The van der Waals surface area contributed by atoms with Crippen LogP contribution in [0.5, 0.6) is 0 Å². The summed E-state index contributed by atoms with van der Waals surface area (Å²) in [5.74, 6) is 0.428. The van der Waals surface area contributed by atoms with Crippen molar-refractivity contribution >= 4 is 11.6 Å². The van der Waals surface area contributed by atoms with Crippen molar-refractivity contribution in [2.45, 2.75) is 26.8 Å². The molecule has 1 aromatic carbocycles. The van der Waals surface area contributed by atoms with Gasteiger partial charge >= 0.3 is 0 Å². The highest BCUT2D eigenvalue weighted by Crippen LogP contribution is 2.17. The van der Waals surface area contributed by atoms with Gasteiger partial charge in [0.05, 0.1) is 0 Å². The molecule has 0 fully saturated rings. The van der Waals surface area contributed by atoms with E-state index in [2.05, 4.69) is 30.5 Å². The Balaban J connectivity index is 2.56. The number of benzene rings is 1. The number of carbonyl (C=O) groups excluding carboxylic acids is 1. The van der Waals surface area contributed by atoms with Gasteiger partial charge in [0.15, 0.2) is 0 Å². The van der Waals surface area contributed by atoms with Crippen molar-refractivity contribution < 1.29 is 9.53 Å². The number of carbonyl (C=O) groups is 1. The minimum atomic E-state index is -0.0496. The number of hydrogen-bond acceptors (Lipinski definition) is 3. The number of nitrogens with one attached hydrogen (secondary N) is 2. The van der Waals surface area contributed by atoms with E-state index in [-0.39, 0.29) is 11.9 Å². The molecule has 0 bridgehead atoms. The monoisotopic (exact) mass is 264 g/mol. The van der Waals surface area contributed by atoms with Gasteiger partial charge in [-0.05, 0) is 30.5 Å². The molecule has 0 radical (unpaired) electrons. The van der Waals surface area contributed by atoms with Crippen LogP contribution in [0.4, 0.5) is 5.69 Å². The van der Waals surface area contributed by atoms with Crippen molar-refractivity contribution in [3.05, 3.63) is 29.8 Å². The smallest absolute Gasteiger partial charge is 0.221 e. The Kier molecular flexibility index (Phi) is 6.53. The van der Waals surface area contributed by atoms with Crippen LogP contribution in [0.3, 0.4) is 0 Å². The highest BCUT2D eigenvalue weighted by Gasteiger charge is 2.08. The molecule has 0 heterocycles. The molecule has 0 spiro atoms. The number of hydrogen-bond donors (Lipinski definition) is 2. The highest BCUT2D eigenvalue weighted by molar-refractivity contribution is 5.88. The predicted octanol–water partition coefficient (Wildman–Crippen LogP) is 2.58. The SMILES string of the molecule is COCC(C)CNC(C)c1cccc(NC(C)=O)c1. The molecule has 0 aliphatic rings. The fourth-order valence-electron chi connectivity index (χ4n) is 1.93. The van der Waals surface area contributed by atoms with E-state index in [1.807, 2.05) is 18.2 Å². The van der Waals surface area contributed by atoms with Gasteiger partial charge in [-0.15, -0.1) is 0 Å². The van der Waals surface area contributed by atoms with E-state index in [1.165, 1.54) is 6.92 Å². The van der Waals surface area contributed by atoms with Gasteiger partial charge in [-0.25, -0.2) is 0 Å². The summed E-state index contributed by atoms with van der Waals surface area (Å²) < 4.78 is 5.12. The highest BCUT2D eigenvalue weighted by atomic mass is 16.5. The second-order valence-corrected chi connectivity index (χ2v) is 5.00. The Morgan fingerprint density at radius 3 is 2.74 bits per heavy atom. The summed E-state index contributed by atoms with van der Waals surface area (Å²) in [6.45, 7) is 7.44. The van der Waals surface area contributed by atoms with Crippen molar-refractivity contribution in [3.63, 3.8) is 0 Å². The zero-order valence-corrected chi connectivity index (χ0v) is 12.2. The first kappa shape index (κ1) is 15.7. The van der Waals surface area contributed by atoms with Crippen molar-refractivity contribution in [2.24, 2.45) is 5.92 Å². The lowest BCUT2D eigenvalue weighted by Crippen LogP contribution is -2.26. The summed E-state index contributed by atoms with van der Waals surface area (Å²) in [6.07, 6.45) is 0. The first-order chi connectivity index (χ1) is 9.02. The number of rotatable bonds is 7. The van der Waals surface area contributed by atoms with Crippen LogP contribution in [0.2, 0.25) is 0 Å². The third kappa shape index (κ3) is 5.85. The number of ether oxygens (including phenoxy) is 1. The van der Waals surface area contributed by atoms with Gasteiger partial charge in [-0.1, -0.05) is 19.1 Å². The lowest BCUT2D eigenvalue weighted by molar-refractivity contribution is -0.114. The van der Waals surface area contributed by atoms with Gasteiger partial charge in [0, 0.05) is 38.9 Å². The molecule has 1 aromatic rings. The van der Waals surface area contributed by atoms with E-state index in [9.17, 15) is 4.79 Å². The predicted molar refractivity (Wildman–Crippen MR) is 78.2 cm³/mol. The fourth-order valence-corrected chi connectivity index (χ4v) is 1.93. The summed E-state index contributed by atoms with van der Waals surface area (Å²) in [4.78, 5) is 11.0. The molecular formula is C15H24N2O2. The lowest BCUT2D eigenvalue weighted by atomic mass is 10.1. The maximum atomic E-state index is 11.0. The van der Waals surface area contributed by atoms with Gasteiger partial charge in [0.25, 0.3) is 0 Å². The largest absolute Gasteiger partial charge is 0.384 e. The lowest BCUT2D eigenvalue weighted by Gasteiger charge is -2.18. The zero-order chi connectivity index (χ0) is 14.3. The summed E-state index contributed by atoms with van der Waals surface area (Å²) >= 11 is 0. The van der Waals surface area contributed by atoms with Gasteiger partial charge in [0.2, 0.25) is 5.91 Å². The minimum Gasteiger partial charge on any atom is -0.384 e. The van der Waals surface area contributed by atoms with Gasteiger partial charge in [-0.2, -0.15) is 0 Å². The summed E-state index contributed by atoms with van der Waals surface area (Å²) in [5, 5.41) is 6.27. The van der Waals surface area contributed by atoms with Crippen LogP contribution in [0.1, 0.15) is 32.4 Å². The molecule has 0 aliphatic carbocycles. The second-order valence-electron chi connectivity index (χ2n) is 5.00. The minimum absolute atomic E-state index is 0.0496. The van der Waals surface area contributed by atoms with Crippen molar-refractivity contribution in [3.8, 4) is 0 Å². The summed E-state index contributed by atoms with van der Waals surface area (Å²) in [6, 6.07) is 8.15. The molecule has 2 unspecified atom stereocenters. The van der Waals surface area contributed by atoms with Crippen LogP contribution in [-0.4, -0.2) is 26.2 Å². The molecule has 0 saturated heterocycles. The second kappa shape index (κ2) is 7.92. The molecule has 0 aliphatic heterocycles.